The maximum absolute atomic E-state index is 11.8. The first kappa shape index (κ1) is 12.0. The molecule has 0 radical (unpaired) electrons. The lowest BCUT2D eigenvalue weighted by Gasteiger charge is -2.23. The largest absolute Gasteiger partial charge is 0.381 e. The van der Waals surface area contributed by atoms with Crippen LogP contribution in [0, 0.1) is 23.2 Å². The summed E-state index contributed by atoms with van der Waals surface area (Å²) >= 11 is 0. The Kier molecular flexibility index (Phi) is 4.57. The minimum absolute atomic E-state index is 0.00134. The van der Waals surface area contributed by atoms with Crippen LogP contribution in [0.3, 0.4) is 0 Å². The summed E-state index contributed by atoms with van der Waals surface area (Å²) in [5.74, 6) is 0.172. The van der Waals surface area contributed by atoms with E-state index >= 15 is 0 Å². The average molecular weight is 210 g/mol. The molecule has 4 heteroatoms. The molecule has 1 atom stereocenters. The molecule has 1 unspecified atom stereocenters. The predicted molar refractivity (Wildman–Crippen MR) is 55.9 cm³/mol. The van der Waals surface area contributed by atoms with E-state index in [9.17, 15) is 4.79 Å². The lowest BCUT2D eigenvalue weighted by Crippen LogP contribution is -2.42. The second kappa shape index (κ2) is 5.72. The van der Waals surface area contributed by atoms with E-state index in [1.165, 1.54) is 0 Å². The van der Waals surface area contributed by atoms with E-state index in [4.69, 9.17) is 10.00 Å². The highest BCUT2D eigenvalue weighted by atomic mass is 16.5. The van der Waals surface area contributed by atoms with Gasteiger partial charge in [-0.25, -0.2) is 0 Å². The Morgan fingerprint density at radius 3 is 2.53 bits per heavy atom. The molecular formula is C11H18N2O2. The zero-order chi connectivity index (χ0) is 11.3. The van der Waals surface area contributed by atoms with Crippen LogP contribution in [0.5, 0.6) is 0 Å². The molecule has 1 aliphatic rings. The fourth-order valence-corrected chi connectivity index (χ4v) is 1.58. The van der Waals surface area contributed by atoms with Gasteiger partial charge < -0.3 is 10.1 Å². The van der Waals surface area contributed by atoms with E-state index in [2.05, 4.69) is 11.4 Å². The van der Waals surface area contributed by atoms with E-state index in [1.807, 2.05) is 13.8 Å². The van der Waals surface area contributed by atoms with Crippen molar-refractivity contribution in [3.05, 3.63) is 0 Å². The van der Waals surface area contributed by atoms with Crippen molar-refractivity contribution in [3.8, 4) is 6.07 Å². The van der Waals surface area contributed by atoms with Crippen molar-refractivity contribution in [2.75, 3.05) is 13.2 Å². The smallest absolute Gasteiger partial charge is 0.224 e. The molecule has 84 valence electrons. The fourth-order valence-electron chi connectivity index (χ4n) is 1.58. The highest BCUT2D eigenvalue weighted by Gasteiger charge is 2.24. The lowest BCUT2D eigenvalue weighted by atomic mass is 9.98. The summed E-state index contributed by atoms with van der Waals surface area (Å²) in [5.41, 5.74) is 0. The number of hydrogen-bond donors (Lipinski definition) is 1. The fraction of sp³-hybridized carbons (Fsp3) is 0.818. The molecule has 0 aromatic heterocycles. The SMILES string of the molecule is CC(C)C(C#N)NC(=O)C1CCOCC1. The monoisotopic (exact) mass is 210 g/mol. The minimum Gasteiger partial charge on any atom is -0.381 e. The van der Waals surface area contributed by atoms with E-state index in [-0.39, 0.29) is 23.8 Å². The predicted octanol–water partition coefficient (Wildman–Crippen LogP) is 1.08. The van der Waals surface area contributed by atoms with Crippen LogP contribution >= 0.6 is 0 Å². The normalized spacial score (nSPS) is 19.6. The summed E-state index contributed by atoms with van der Waals surface area (Å²) in [5, 5.41) is 11.6. The van der Waals surface area contributed by atoms with Crippen LogP contribution < -0.4 is 5.32 Å². The van der Waals surface area contributed by atoms with Gasteiger partial charge in [-0.2, -0.15) is 5.26 Å². The number of nitriles is 1. The third-order valence-corrected chi connectivity index (χ3v) is 2.70. The maximum atomic E-state index is 11.8. The topological polar surface area (TPSA) is 62.1 Å². The molecule has 1 N–H and O–H groups in total. The second-order valence-electron chi connectivity index (χ2n) is 4.25. The highest BCUT2D eigenvalue weighted by Crippen LogP contribution is 2.15. The van der Waals surface area contributed by atoms with Gasteiger partial charge in [0.15, 0.2) is 0 Å². The van der Waals surface area contributed by atoms with Crippen LogP contribution in [0.15, 0.2) is 0 Å². The first-order valence-corrected chi connectivity index (χ1v) is 5.43. The van der Waals surface area contributed by atoms with Gasteiger partial charge in [0.2, 0.25) is 5.91 Å². The van der Waals surface area contributed by atoms with Gasteiger partial charge >= 0.3 is 0 Å². The molecule has 1 fully saturated rings. The van der Waals surface area contributed by atoms with Crippen LogP contribution in [0.1, 0.15) is 26.7 Å². The molecule has 15 heavy (non-hydrogen) atoms. The van der Waals surface area contributed by atoms with Crippen molar-refractivity contribution in [2.45, 2.75) is 32.7 Å². The molecule has 1 saturated heterocycles. The molecule has 0 aromatic carbocycles. The number of ether oxygens (including phenoxy) is 1. The number of nitrogens with zero attached hydrogens (tertiary/aromatic N) is 1. The summed E-state index contributed by atoms with van der Waals surface area (Å²) in [6.07, 6.45) is 1.53. The van der Waals surface area contributed by atoms with Gasteiger partial charge in [-0.15, -0.1) is 0 Å². The third kappa shape index (κ3) is 3.52. The van der Waals surface area contributed by atoms with Crippen LogP contribution in [0.2, 0.25) is 0 Å². The minimum atomic E-state index is -0.375. The van der Waals surface area contributed by atoms with Gasteiger partial charge in [0, 0.05) is 19.1 Å². The number of hydrogen-bond acceptors (Lipinski definition) is 3. The number of nitrogens with one attached hydrogen (secondary N) is 1. The molecule has 0 saturated carbocycles. The van der Waals surface area contributed by atoms with E-state index < -0.39 is 0 Å². The zero-order valence-electron chi connectivity index (χ0n) is 9.32. The Balaban J connectivity index is 2.43. The first-order valence-electron chi connectivity index (χ1n) is 5.43. The van der Waals surface area contributed by atoms with Crippen molar-refractivity contribution in [1.82, 2.24) is 5.32 Å². The molecule has 0 aliphatic carbocycles. The summed E-state index contributed by atoms with van der Waals surface area (Å²) < 4.78 is 5.18. The molecule has 0 aromatic rings. The highest BCUT2D eigenvalue weighted by molar-refractivity contribution is 5.79. The molecule has 1 rings (SSSR count). The van der Waals surface area contributed by atoms with Crippen LogP contribution in [-0.4, -0.2) is 25.2 Å². The molecule has 0 bridgehead atoms. The number of carbonyl (C=O) groups excluding carboxylic acids is 1. The molecule has 0 spiro atoms. The Morgan fingerprint density at radius 2 is 2.07 bits per heavy atom. The summed E-state index contributed by atoms with van der Waals surface area (Å²) in [4.78, 5) is 11.8. The van der Waals surface area contributed by atoms with E-state index in [0.29, 0.717) is 13.2 Å². The van der Waals surface area contributed by atoms with Gasteiger partial charge in [-0.05, 0) is 18.8 Å². The van der Waals surface area contributed by atoms with Gasteiger partial charge in [-0.3, -0.25) is 4.79 Å². The third-order valence-electron chi connectivity index (χ3n) is 2.70. The quantitative estimate of drug-likeness (QED) is 0.758. The number of rotatable bonds is 3. The summed E-state index contributed by atoms with van der Waals surface area (Å²) in [7, 11) is 0. The average Bonchev–Trinajstić information content (AvgIpc) is 2.26. The first-order chi connectivity index (χ1) is 7.15. The van der Waals surface area contributed by atoms with E-state index in [0.717, 1.165) is 12.8 Å². The Bertz CT molecular complexity index is 252. The van der Waals surface area contributed by atoms with Crippen LogP contribution in [0.25, 0.3) is 0 Å². The van der Waals surface area contributed by atoms with Crippen molar-refractivity contribution in [3.63, 3.8) is 0 Å². The van der Waals surface area contributed by atoms with Gasteiger partial charge in [-0.1, -0.05) is 13.8 Å². The Labute approximate surface area is 90.6 Å². The standard InChI is InChI=1S/C11H18N2O2/c1-8(2)10(7-12)13-11(14)9-3-5-15-6-4-9/h8-10H,3-6H2,1-2H3,(H,13,14). The number of amides is 1. The molecule has 1 aliphatic heterocycles. The molecular weight excluding hydrogens is 192 g/mol. The summed E-state index contributed by atoms with van der Waals surface area (Å²) in [6, 6.07) is 1.73. The lowest BCUT2D eigenvalue weighted by molar-refractivity contribution is -0.128. The number of carbonyl (C=O) groups is 1. The van der Waals surface area contributed by atoms with Crippen LogP contribution in [-0.2, 0) is 9.53 Å². The van der Waals surface area contributed by atoms with Gasteiger partial charge in [0.05, 0.1) is 6.07 Å². The van der Waals surface area contributed by atoms with Gasteiger partial charge in [0.1, 0.15) is 6.04 Å². The van der Waals surface area contributed by atoms with Crippen molar-refractivity contribution in [2.24, 2.45) is 11.8 Å². The summed E-state index contributed by atoms with van der Waals surface area (Å²) in [6.45, 7) is 5.16. The Hall–Kier alpha value is -1.08. The Morgan fingerprint density at radius 1 is 1.47 bits per heavy atom. The van der Waals surface area contributed by atoms with Gasteiger partial charge in [0.25, 0.3) is 0 Å². The maximum Gasteiger partial charge on any atom is 0.224 e. The van der Waals surface area contributed by atoms with Crippen molar-refractivity contribution >= 4 is 5.91 Å². The molecule has 1 heterocycles. The van der Waals surface area contributed by atoms with Crippen molar-refractivity contribution in [1.29, 1.82) is 5.26 Å². The van der Waals surface area contributed by atoms with E-state index in [1.54, 1.807) is 0 Å². The molecule has 4 nitrogen and oxygen atoms in total. The van der Waals surface area contributed by atoms with Crippen LogP contribution in [0.4, 0.5) is 0 Å². The zero-order valence-corrected chi connectivity index (χ0v) is 9.32. The molecule has 1 amide bonds. The van der Waals surface area contributed by atoms with Crippen molar-refractivity contribution < 1.29 is 9.53 Å². The second-order valence-corrected chi connectivity index (χ2v) is 4.25.